The van der Waals surface area contributed by atoms with Crippen molar-refractivity contribution >= 4 is 22.3 Å². The van der Waals surface area contributed by atoms with Crippen molar-refractivity contribution in [1.29, 1.82) is 0 Å². The molecule has 2 aromatic carbocycles. The van der Waals surface area contributed by atoms with Crippen LogP contribution in [0, 0.1) is 0 Å². The summed E-state index contributed by atoms with van der Waals surface area (Å²) in [5, 5.41) is 19.1. The molecule has 2 aliphatic carbocycles. The predicted octanol–water partition coefficient (Wildman–Crippen LogP) is 13.0. The van der Waals surface area contributed by atoms with Gasteiger partial charge in [0, 0.05) is 0 Å². The summed E-state index contributed by atoms with van der Waals surface area (Å²) < 4.78 is 90.2. The number of hydrogen-bond acceptors (Lipinski definition) is 4. The minimum absolute atomic E-state index is 0.0769. The third-order valence-corrected chi connectivity index (χ3v) is 8.90. The molecule has 2 aliphatic rings. The first-order valence-corrected chi connectivity index (χ1v) is 17.6. The number of unbranched alkanes of at least 4 members (excludes halogenated alkanes) is 12. The molecule has 4 nitrogen and oxygen atoms in total. The second-order valence-corrected chi connectivity index (χ2v) is 12.7. The van der Waals surface area contributed by atoms with E-state index in [1.165, 1.54) is 77.4 Å². The number of methoxy groups -OCH3 is 2. The number of hydrogen-bond donors (Lipinski definition) is 2. The van der Waals surface area contributed by atoms with Gasteiger partial charge in [0.05, 0.1) is 25.4 Å². The largest absolute Gasteiger partial charge is 0.504 e. The highest BCUT2D eigenvalue weighted by molar-refractivity contribution is 5.99. The molecular formula is C40H50F6O4. The first-order valence-electron chi connectivity index (χ1n) is 17.6. The second kappa shape index (κ2) is 19.0. The van der Waals surface area contributed by atoms with Crippen LogP contribution in [0.2, 0.25) is 0 Å². The normalized spacial score (nSPS) is 15.4. The van der Waals surface area contributed by atoms with E-state index in [9.17, 15) is 36.6 Å². The van der Waals surface area contributed by atoms with Crippen molar-refractivity contribution in [3.8, 4) is 23.0 Å². The molecule has 0 atom stereocenters. The van der Waals surface area contributed by atoms with Crippen LogP contribution in [-0.2, 0) is 0 Å². The second-order valence-electron chi connectivity index (χ2n) is 12.7. The Morgan fingerprint density at radius 1 is 0.520 bits per heavy atom. The number of ether oxygens (including phenoxy) is 2. The highest BCUT2D eigenvalue weighted by Crippen LogP contribution is 2.49. The minimum Gasteiger partial charge on any atom is -0.504 e. The van der Waals surface area contributed by atoms with Gasteiger partial charge in [-0.05, 0) is 95.5 Å². The molecule has 0 saturated carbocycles. The van der Waals surface area contributed by atoms with Crippen molar-refractivity contribution in [2.24, 2.45) is 0 Å². The SMILES string of the molecule is CCCCCCCC/C=C1\C=C(C(F)(F)F)c2cc(O)c(O)cc21.CCCCCCCC/C=C1\C=C(C(F)(F)F)c2cc(OC)c(OC)cc21. The third-order valence-electron chi connectivity index (χ3n) is 8.90. The zero-order valence-corrected chi connectivity index (χ0v) is 29.5. The molecule has 0 unspecified atom stereocenters. The Kier molecular flexibility index (Phi) is 15.4. The number of rotatable bonds is 16. The lowest BCUT2D eigenvalue weighted by Crippen LogP contribution is -2.09. The van der Waals surface area contributed by atoms with E-state index in [-0.39, 0.29) is 11.1 Å². The van der Waals surface area contributed by atoms with Gasteiger partial charge in [0.15, 0.2) is 23.0 Å². The number of halogens is 6. The molecule has 0 aromatic heterocycles. The number of phenols is 2. The average molecular weight is 709 g/mol. The zero-order chi connectivity index (χ0) is 36.9. The smallest absolute Gasteiger partial charge is 0.417 e. The number of fused-ring (bicyclic) bond motifs is 2. The van der Waals surface area contributed by atoms with E-state index in [2.05, 4.69) is 13.8 Å². The molecule has 2 aromatic rings. The zero-order valence-electron chi connectivity index (χ0n) is 29.5. The fraction of sp³-hybridized carbons (Fsp3) is 0.500. The van der Waals surface area contributed by atoms with Gasteiger partial charge in [-0.1, -0.05) is 90.2 Å². The molecule has 0 radical (unpaired) electrons. The van der Waals surface area contributed by atoms with E-state index in [0.717, 1.165) is 50.7 Å². The fourth-order valence-electron chi connectivity index (χ4n) is 6.17. The van der Waals surface area contributed by atoms with Gasteiger partial charge in [-0.3, -0.25) is 0 Å². The van der Waals surface area contributed by atoms with Crippen LogP contribution in [0.25, 0.3) is 22.3 Å². The molecule has 0 amide bonds. The molecule has 0 bridgehead atoms. The lowest BCUT2D eigenvalue weighted by molar-refractivity contribution is -0.0696. The number of phenolic OH excluding ortho intramolecular Hbond substituents is 2. The topological polar surface area (TPSA) is 58.9 Å². The Bertz CT molecular complexity index is 1550. The van der Waals surface area contributed by atoms with E-state index in [1.54, 1.807) is 12.1 Å². The van der Waals surface area contributed by atoms with Crippen LogP contribution in [0.3, 0.4) is 0 Å². The lowest BCUT2D eigenvalue weighted by Gasteiger charge is -2.14. The van der Waals surface area contributed by atoms with Crippen molar-refractivity contribution in [3.05, 3.63) is 70.8 Å². The van der Waals surface area contributed by atoms with Crippen LogP contribution in [0.1, 0.15) is 126 Å². The summed E-state index contributed by atoms with van der Waals surface area (Å²) in [5.74, 6) is -0.204. The molecule has 50 heavy (non-hydrogen) atoms. The molecular weight excluding hydrogens is 658 g/mol. The van der Waals surface area contributed by atoms with E-state index in [0.29, 0.717) is 40.2 Å². The van der Waals surface area contributed by atoms with Crippen LogP contribution in [0.15, 0.2) is 48.6 Å². The summed E-state index contributed by atoms with van der Waals surface area (Å²) >= 11 is 0. The van der Waals surface area contributed by atoms with E-state index in [4.69, 9.17) is 9.47 Å². The quantitative estimate of drug-likeness (QED) is 0.104. The van der Waals surface area contributed by atoms with E-state index in [1.807, 2.05) is 6.08 Å². The number of alkyl halides is 6. The Balaban J connectivity index is 0.000000271. The minimum atomic E-state index is -4.49. The van der Waals surface area contributed by atoms with Crippen LogP contribution >= 0.6 is 0 Å². The predicted molar refractivity (Wildman–Crippen MR) is 189 cm³/mol. The Hall–Kier alpha value is -3.82. The first-order chi connectivity index (χ1) is 23.8. The molecule has 0 fully saturated rings. The third kappa shape index (κ3) is 11.1. The van der Waals surface area contributed by atoms with Gasteiger partial charge in [-0.2, -0.15) is 26.3 Å². The Labute approximate surface area is 292 Å². The lowest BCUT2D eigenvalue weighted by atomic mass is 10.0. The summed E-state index contributed by atoms with van der Waals surface area (Å²) in [6, 6.07) is 5.23. The van der Waals surface area contributed by atoms with Crippen molar-refractivity contribution in [2.45, 2.75) is 116 Å². The number of aromatic hydroxyl groups is 2. The van der Waals surface area contributed by atoms with Crippen molar-refractivity contribution in [2.75, 3.05) is 14.2 Å². The maximum Gasteiger partial charge on any atom is 0.417 e. The van der Waals surface area contributed by atoms with Gasteiger partial charge in [-0.25, -0.2) is 0 Å². The van der Waals surface area contributed by atoms with Crippen LogP contribution in [-0.4, -0.2) is 36.8 Å². The standard InChI is InChI=1S/C21H27F3O2.C19H23F3O2/c1-4-5-6-7-8-9-10-11-15-12-18(21(22,23)24)17-14-20(26-3)19(25-2)13-16(15)17;1-2-3-4-5-6-7-8-9-13-10-16(19(20,21)22)15-12-18(24)17(23)11-14(13)15/h11-14H,4-10H2,1-3H3;9-12,23-24H,2-8H2,1H3/b15-11+;13-9+. The van der Waals surface area contributed by atoms with Gasteiger partial charge in [0.1, 0.15) is 0 Å². The molecule has 4 rings (SSSR count). The Morgan fingerprint density at radius 2 is 0.860 bits per heavy atom. The maximum absolute atomic E-state index is 13.4. The molecule has 0 spiro atoms. The fourth-order valence-corrected chi connectivity index (χ4v) is 6.17. The number of benzene rings is 2. The summed E-state index contributed by atoms with van der Waals surface area (Å²) in [4.78, 5) is 0. The van der Waals surface area contributed by atoms with Gasteiger partial charge >= 0.3 is 12.4 Å². The Morgan fingerprint density at radius 3 is 1.26 bits per heavy atom. The molecule has 0 aliphatic heterocycles. The van der Waals surface area contributed by atoms with Crippen molar-refractivity contribution in [3.63, 3.8) is 0 Å². The highest BCUT2D eigenvalue weighted by Gasteiger charge is 2.40. The van der Waals surface area contributed by atoms with Crippen molar-refractivity contribution in [1.82, 2.24) is 0 Å². The molecule has 2 N–H and O–H groups in total. The first kappa shape index (κ1) is 40.6. The van der Waals surface area contributed by atoms with Gasteiger partial charge in [0.2, 0.25) is 0 Å². The van der Waals surface area contributed by atoms with Gasteiger partial charge in [0.25, 0.3) is 0 Å². The number of allylic oxidation sites excluding steroid dienone is 8. The van der Waals surface area contributed by atoms with E-state index >= 15 is 0 Å². The van der Waals surface area contributed by atoms with Crippen LogP contribution in [0.4, 0.5) is 26.3 Å². The molecule has 10 heteroatoms. The monoisotopic (exact) mass is 708 g/mol. The summed E-state index contributed by atoms with van der Waals surface area (Å²) in [5.41, 5.74) is 0.633. The summed E-state index contributed by atoms with van der Waals surface area (Å²) in [6.45, 7) is 4.33. The maximum atomic E-state index is 13.4. The van der Waals surface area contributed by atoms with E-state index < -0.39 is 35.0 Å². The van der Waals surface area contributed by atoms with Crippen LogP contribution in [0.5, 0.6) is 23.0 Å². The highest BCUT2D eigenvalue weighted by atomic mass is 19.4. The van der Waals surface area contributed by atoms with Gasteiger partial charge < -0.3 is 19.7 Å². The average Bonchev–Trinajstić information content (AvgIpc) is 3.61. The van der Waals surface area contributed by atoms with Crippen molar-refractivity contribution < 1.29 is 46.0 Å². The van der Waals surface area contributed by atoms with Gasteiger partial charge in [-0.15, -0.1) is 0 Å². The molecule has 0 heterocycles. The van der Waals surface area contributed by atoms with Crippen LogP contribution < -0.4 is 9.47 Å². The summed E-state index contributed by atoms with van der Waals surface area (Å²) in [7, 11) is 2.91. The molecule has 276 valence electrons. The molecule has 0 saturated heterocycles. The summed E-state index contributed by atoms with van der Waals surface area (Å²) in [6.07, 6.45) is 12.3.